The summed E-state index contributed by atoms with van der Waals surface area (Å²) in [7, 11) is 3.24. The van der Waals surface area contributed by atoms with E-state index in [0.29, 0.717) is 21.5 Å². The number of hydrogen-bond acceptors (Lipinski definition) is 8. The Morgan fingerprint density at radius 1 is 1.17 bits per heavy atom. The van der Waals surface area contributed by atoms with Gasteiger partial charge in [-0.05, 0) is 56.7 Å². The van der Waals surface area contributed by atoms with Gasteiger partial charge in [0.2, 0.25) is 5.91 Å². The van der Waals surface area contributed by atoms with Gasteiger partial charge in [-0.25, -0.2) is 4.79 Å². The number of thiophene rings is 1. The van der Waals surface area contributed by atoms with Crippen LogP contribution in [0.2, 0.25) is 0 Å². The van der Waals surface area contributed by atoms with E-state index in [1.807, 2.05) is 49.7 Å². The third-order valence-electron chi connectivity index (χ3n) is 6.28. The average molecular weight is 529 g/mol. The molecule has 1 unspecified atom stereocenters. The Morgan fingerprint density at radius 3 is 2.67 bits per heavy atom. The Morgan fingerprint density at radius 2 is 1.92 bits per heavy atom. The number of anilines is 1. The van der Waals surface area contributed by atoms with Crippen molar-refractivity contribution in [2.45, 2.75) is 63.6 Å². The minimum atomic E-state index is -0.392. The van der Waals surface area contributed by atoms with Crippen LogP contribution in [0.4, 0.5) is 5.00 Å². The number of esters is 1. The van der Waals surface area contributed by atoms with Crippen LogP contribution in [-0.4, -0.2) is 39.5 Å². The topological polar surface area (TPSA) is 95.3 Å². The van der Waals surface area contributed by atoms with Crippen LogP contribution in [0.3, 0.4) is 0 Å². The zero-order valence-corrected chi connectivity index (χ0v) is 22.8. The molecule has 1 aromatic carbocycles. The molecule has 1 aliphatic rings. The molecule has 1 N–H and O–H groups in total. The van der Waals surface area contributed by atoms with Crippen molar-refractivity contribution in [1.29, 1.82) is 0 Å². The van der Waals surface area contributed by atoms with Crippen molar-refractivity contribution < 1.29 is 19.1 Å². The van der Waals surface area contributed by atoms with Gasteiger partial charge in [0.15, 0.2) is 17.1 Å². The predicted octanol–water partition coefficient (Wildman–Crippen LogP) is 5.50. The van der Waals surface area contributed by atoms with Gasteiger partial charge in [0.25, 0.3) is 0 Å². The van der Waals surface area contributed by atoms with Crippen molar-refractivity contribution in [1.82, 2.24) is 14.8 Å². The molecule has 0 saturated carbocycles. The molecule has 1 aliphatic carbocycles. The highest BCUT2D eigenvalue weighted by Crippen LogP contribution is 2.37. The maximum Gasteiger partial charge on any atom is 0.341 e. The number of thioether (sulfide) groups is 1. The van der Waals surface area contributed by atoms with Crippen LogP contribution in [0, 0.1) is 6.92 Å². The highest BCUT2D eigenvalue weighted by Gasteiger charge is 2.26. The first kappa shape index (κ1) is 26.2. The summed E-state index contributed by atoms with van der Waals surface area (Å²) in [5.74, 6) is 1.02. The fraction of sp³-hybridized carbons (Fsp3) is 0.462. The standard InChI is InChI=1S/C26H32N4O4S2/c1-16-11-9-10-13-19(16)34-17(2)23-28-29-26(30(23)3)35-15-21(31)27-24-22(25(32)33-4)18-12-7-5-6-8-14-20(18)36-24/h9-11,13,17H,5-8,12,14-15H2,1-4H3,(H,27,31). The normalized spacial score (nSPS) is 14.3. The molecule has 1 atom stereocenters. The van der Waals surface area contributed by atoms with Gasteiger partial charge in [0.05, 0.1) is 18.4 Å². The van der Waals surface area contributed by atoms with E-state index in [1.54, 1.807) is 0 Å². The largest absolute Gasteiger partial charge is 0.482 e. The minimum absolute atomic E-state index is 0.141. The average Bonchev–Trinajstić information content (AvgIpc) is 3.38. The van der Waals surface area contributed by atoms with Gasteiger partial charge in [-0.1, -0.05) is 42.8 Å². The molecule has 0 saturated heterocycles. The second-order valence-corrected chi connectivity index (χ2v) is 10.9. The second kappa shape index (κ2) is 11.9. The number of carbonyl (C=O) groups is 2. The lowest BCUT2D eigenvalue weighted by molar-refractivity contribution is -0.113. The van der Waals surface area contributed by atoms with Gasteiger partial charge in [-0.3, -0.25) is 4.79 Å². The number of aryl methyl sites for hydroxylation is 2. The molecular weight excluding hydrogens is 496 g/mol. The minimum Gasteiger partial charge on any atom is -0.482 e. The number of benzene rings is 1. The molecule has 0 fully saturated rings. The van der Waals surface area contributed by atoms with E-state index in [2.05, 4.69) is 15.5 Å². The molecule has 10 heteroatoms. The molecule has 1 amide bonds. The fourth-order valence-electron chi connectivity index (χ4n) is 4.36. The molecule has 2 heterocycles. The summed E-state index contributed by atoms with van der Waals surface area (Å²) in [5, 5.41) is 12.7. The number of amides is 1. The summed E-state index contributed by atoms with van der Waals surface area (Å²) < 4.78 is 13.0. The summed E-state index contributed by atoms with van der Waals surface area (Å²) >= 11 is 2.79. The monoisotopic (exact) mass is 528 g/mol. The molecule has 2 aromatic heterocycles. The first-order valence-corrected chi connectivity index (χ1v) is 14.0. The molecule has 36 heavy (non-hydrogen) atoms. The molecule has 0 radical (unpaired) electrons. The molecule has 0 spiro atoms. The third-order valence-corrected chi connectivity index (χ3v) is 8.50. The number of carbonyl (C=O) groups excluding carboxylic acids is 2. The number of hydrogen-bond donors (Lipinski definition) is 1. The van der Waals surface area contributed by atoms with Crippen LogP contribution in [0.1, 0.15) is 70.9 Å². The lowest BCUT2D eigenvalue weighted by atomic mass is 9.96. The van der Waals surface area contributed by atoms with Crippen molar-refractivity contribution in [3.8, 4) is 5.75 Å². The Bertz CT molecular complexity index is 1240. The van der Waals surface area contributed by atoms with Gasteiger partial charge >= 0.3 is 5.97 Å². The van der Waals surface area contributed by atoms with E-state index in [4.69, 9.17) is 9.47 Å². The first-order valence-electron chi connectivity index (χ1n) is 12.2. The van der Waals surface area contributed by atoms with Crippen molar-refractivity contribution in [3.05, 3.63) is 51.7 Å². The number of para-hydroxylation sites is 1. The molecule has 192 valence electrons. The van der Waals surface area contributed by atoms with Crippen LogP contribution in [0.25, 0.3) is 0 Å². The van der Waals surface area contributed by atoms with Crippen molar-refractivity contribution >= 4 is 40.0 Å². The fourth-order valence-corrected chi connectivity index (χ4v) is 6.37. The Balaban J connectivity index is 1.42. The van der Waals surface area contributed by atoms with Crippen molar-refractivity contribution in [3.63, 3.8) is 0 Å². The number of aromatic nitrogens is 3. The zero-order chi connectivity index (χ0) is 25.7. The smallest absolute Gasteiger partial charge is 0.341 e. The molecule has 0 aliphatic heterocycles. The number of rotatable bonds is 8. The Hall–Kier alpha value is -2.85. The molecule has 8 nitrogen and oxygen atoms in total. The summed E-state index contributed by atoms with van der Waals surface area (Å²) in [4.78, 5) is 26.6. The Labute approximate surface area is 219 Å². The van der Waals surface area contributed by atoms with Crippen LogP contribution in [0.15, 0.2) is 29.4 Å². The number of fused-ring (bicyclic) bond motifs is 1. The second-order valence-electron chi connectivity index (χ2n) is 8.88. The first-order chi connectivity index (χ1) is 17.4. The van der Waals surface area contributed by atoms with Crippen LogP contribution in [0.5, 0.6) is 5.75 Å². The molecular formula is C26H32N4O4S2. The summed E-state index contributed by atoms with van der Waals surface area (Å²) in [6, 6.07) is 7.83. The van der Waals surface area contributed by atoms with Crippen LogP contribution >= 0.6 is 23.1 Å². The van der Waals surface area contributed by atoms with E-state index < -0.39 is 5.97 Å². The van der Waals surface area contributed by atoms with E-state index >= 15 is 0 Å². The number of nitrogens with zero attached hydrogens (tertiary/aromatic N) is 3. The summed E-state index contributed by atoms with van der Waals surface area (Å²) in [6.07, 6.45) is 5.94. The maximum atomic E-state index is 12.9. The summed E-state index contributed by atoms with van der Waals surface area (Å²) in [6.45, 7) is 3.92. The highest BCUT2D eigenvalue weighted by atomic mass is 32.2. The molecule has 0 bridgehead atoms. The van der Waals surface area contributed by atoms with Gasteiger partial charge in [-0.2, -0.15) is 0 Å². The van der Waals surface area contributed by atoms with Crippen molar-refractivity contribution in [2.24, 2.45) is 7.05 Å². The maximum absolute atomic E-state index is 12.9. The van der Waals surface area contributed by atoms with Gasteiger partial charge in [-0.15, -0.1) is 21.5 Å². The van der Waals surface area contributed by atoms with E-state index in [-0.39, 0.29) is 17.8 Å². The lowest BCUT2D eigenvalue weighted by Gasteiger charge is -2.15. The SMILES string of the molecule is COC(=O)c1c(NC(=O)CSc2nnc(C(C)Oc3ccccc3C)n2C)sc2c1CCCCCC2. The number of ether oxygens (including phenoxy) is 2. The van der Waals surface area contributed by atoms with Gasteiger partial charge < -0.3 is 19.4 Å². The molecule has 4 rings (SSSR count). The molecule has 3 aromatic rings. The van der Waals surface area contributed by atoms with Crippen LogP contribution in [-0.2, 0) is 29.4 Å². The number of methoxy groups -OCH3 is 1. The van der Waals surface area contributed by atoms with Crippen molar-refractivity contribution in [2.75, 3.05) is 18.2 Å². The lowest BCUT2D eigenvalue weighted by Crippen LogP contribution is -2.17. The number of nitrogens with one attached hydrogen (secondary N) is 1. The predicted molar refractivity (Wildman–Crippen MR) is 142 cm³/mol. The van der Waals surface area contributed by atoms with Gasteiger partial charge in [0, 0.05) is 11.9 Å². The van der Waals surface area contributed by atoms with E-state index in [0.717, 1.165) is 49.0 Å². The Kier molecular flexibility index (Phi) is 8.68. The quantitative estimate of drug-likeness (QED) is 0.305. The van der Waals surface area contributed by atoms with E-state index in [1.165, 1.54) is 41.5 Å². The highest BCUT2D eigenvalue weighted by molar-refractivity contribution is 7.99. The van der Waals surface area contributed by atoms with Crippen LogP contribution < -0.4 is 10.1 Å². The third kappa shape index (κ3) is 5.92. The summed E-state index contributed by atoms with van der Waals surface area (Å²) in [5.41, 5.74) is 2.60. The zero-order valence-electron chi connectivity index (χ0n) is 21.1. The van der Waals surface area contributed by atoms with E-state index in [9.17, 15) is 9.59 Å². The van der Waals surface area contributed by atoms with Gasteiger partial charge in [0.1, 0.15) is 10.8 Å².